The first-order valence-corrected chi connectivity index (χ1v) is 5.88. The molecule has 0 aliphatic rings. The number of carbonyl (C=O) groups is 1. The Morgan fingerprint density at radius 2 is 2.00 bits per heavy atom. The zero-order valence-corrected chi connectivity index (χ0v) is 10.5. The molecular formula is C15H12N2O2. The number of carbonyl (C=O) groups excluding carboxylic acids is 1. The van der Waals surface area contributed by atoms with E-state index >= 15 is 0 Å². The summed E-state index contributed by atoms with van der Waals surface area (Å²) in [7, 11) is 0. The monoisotopic (exact) mass is 252 g/mol. The van der Waals surface area contributed by atoms with Crippen LogP contribution in [-0.4, -0.2) is 17.6 Å². The molecule has 1 aromatic heterocycles. The van der Waals surface area contributed by atoms with Gasteiger partial charge in [0.25, 0.3) is 0 Å². The van der Waals surface area contributed by atoms with E-state index in [9.17, 15) is 4.79 Å². The fraction of sp³-hybridized carbons (Fsp3) is 0.133. The Morgan fingerprint density at radius 1 is 1.26 bits per heavy atom. The first-order chi connectivity index (χ1) is 9.24. The number of ether oxygens (including phenoxy) is 1. The Balaban J connectivity index is 2.22. The lowest BCUT2D eigenvalue weighted by molar-refractivity contribution is 0.0526. The number of pyridine rings is 1. The lowest BCUT2D eigenvalue weighted by Gasteiger charge is -2.03. The van der Waals surface area contributed by atoms with Gasteiger partial charge >= 0.3 is 5.97 Å². The molecule has 0 aliphatic heterocycles. The van der Waals surface area contributed by atoms with Crippen LogP contribution in [0.1, 0.15) is 22.8 Å². The first kappa shape index (κ1) is 12.8. The molecule has 4 heteroatoms. The highest BCUT2D eigenvalue weighted by Crippen LogP contribution is 2.17. The Morgan fingerprint density at radius 3 is 2.53 bits per heavy atom. The minimum Gasteiger partial charge on any atom is -0.462 e. The van der Waals surface area contributed by atoms with Crippen molar-refractivity contribution in [2.24, 2.45) is 0 Å². The summed E-state index contributed by atoms with van der Waals surface area (Å²) in [5, 5.41) is 8.73. The molecule has 94 valence electrons. The highest BCUT2D eigenvalue weighted by molar-refractivity contribution is 5.89. The zero-order valence-electron chi connectivity index (χ0n) is 10.5. The summed E-state index contributed by atoms with van der Waals surface area (Å²) < 4.78 is 4.89. The second kappa shape index (κ2) is 5.78. The molecule has 0 radical (unpaired) electrons. The summed E-state index contributed by atoms with van der Waals surface area (Å²) in [6.07, 6.45) is 1.49. The van der Waals surface area contributed by atoms with Crippen LogP contribution in [0.15, 0.2) is 42.6 Å². The van der Waals surface area contributed by atoms with Gasteiger partial charge in [-0.05, 0) is 31.2 Å². The van der Waals surface area contributed by atoms with Gasteiger partial charge in [0.15, 0.2) is 0 Å². The van der Waals surface area contributed by atoms with E-state index in [2.05, 4.69) is 11.1 Å². The molecule has 0 unspecified atom stereocenters. The Hall–Kier alpha value is -2.67. The van der Waals surface area contributed by atoms with Crippen LogP contribution >= 0.6 is 0 Å². The van der Waals surface area contributed by atoms with Crippen molar-refractivity contribution in [3.8, 4) is 17.3 Å². The Bertz CT molecular complexity index is 610. The van der Waals surface area contributed by atoms with Crippen molar-refractivity contribution < 1.29 is 9.53 Å². The van der Waals surface area contributed by atoms with Gasteiger partial charge in [0.2, 0.25) is 0 Å². The maximum atomic E-state index is 11.5. The molecule has 0 bridgehead atoms. The highest BCUT2D eigenvalue weighted by atomic mass is 16.5. The molecule has 2 aromatic rings. The molecule has 0 atom stereocenters. The van der Waals surface area contributed by atoms with Crippen LogP contribution in [0.3, 0.4) is 0 Å². The van der Waals surface area contributed by atoms with E-state index in [0.29, 0.717) is 17.7 Å². The molecule has 1 heterocycles. The second-order valence-electron chi connectivity index (χ2n) is 3.84. The average Bonchev–Trinajstić information content (AvgIpc) is 2.48. The fourth-order valence-electron chi connectivity index (χ4n) is 1.62. The Labute approximate surface area is 111 Å². The van der Waals surface area contributed by atoms with Crippen LogP contribution in [0.25, 0.3) is 11.3 Å². The molecule has 19 heavy (non-hydrogen) atoms. The number of nitriles is 1. The van der Waals surface area contributed by atoms with Crippen LogP contribution in [0.5, 0.6) is 0 Å². The van der Waals surface area contributed by atoms with Crippen molar-refractivity contribution in [2.75, 3.05) is 6.61 Å². The van der Waals surface area contributed by atoms with Gasteiger partial charge < -0.3 is 4.74 Å². The lowest BCUT2D eigenvalue weighted by Crippen LogP contribution is -2.04. The molecule has 0 saturated carbocycles. The Kier molecular flexibility index (Phi) is 3.89. The maximum Gasteiger partial charge on any atom is 0.339 e. The molecular weight excluding hydrogens is 240 g/mol. The molecule has 0 spiro atoms. The van der Waals surface area contributed by atoms with Crippen molar-refractivity contribution >= 4 is 5.97 Å². The van der Waals surface area contributed by atoms with E-state index in [-0.39, 0.29) is 5.97 Å². The van der Waals surface area contributed by atoms with E-state index in [1.807, 2.05) is 12.1 Å². The molecule has 0 N–H and O–H groups in total. The van der Waals surface area contributed by atoms with Crippen molar-refractivity contribution in [1.82, 2.24) is 4.98 Å². The highest BCUT2D eigenvalue weighted by Gasteiger charge is 2.07. The fourth-order valence-corrected chi connectivity index (χ4v) is 1.62. The number of nitrogens with zero attached hydrogens (tertiary/aromatic N) is 2. The maximum absolute atomic E-state index is 11.5. The van der Waals surface area contributed by atoms with Crippen LogP contribution < -0.4 is 0 Å². The van der Waals surface area contributed by atoms with E-state index < -0.39 is 0 Å². The lowest BCUT2D eigenvalue weighted by atomic mass is 10.1. The standard InChI is InChI=1S/C15H12N2O2/c1-2-19-15(18)13-7-8-14(17-10-13)12-5-3-11(9-16)4-6-12/h3-8,10H,2H2,1H3. The molecule has 0 aliphatic carbocycles. The number of benzene rings is 1. The molecule has 0 fully saturated rings. The van der Waals surface area contributed by atoms with Gasteiger partial charge in [-0.2, -0.15) is 5.26 Å². The predicted octanol–water partition coefficient (Wildman–Crippen LogP) is 2.80. The molecule has 0 amide bonds. The van der Waals surface area contributed by atoms with Crippen LogP contribution in [0.4, 0.5) is 0 Å². The summed E-state index contributed by atoms with van der Waals surface area (Å²) in [6, 6.07) is 12.6. The molecule has 0 saturated heterocycles. The summed E-state index contributed by atoms with van der Waals surface area (Å²) >= 11 is 0. The summed E-state index contributed by atoms with van der Waals surface area (Å²) in [4.78, 5) is 15.7. The van der Waals surface area contributed by atoms with Gasteiger partial charge in [-0.1, -0.05) is 12.1 Å². The van der Waals surface area contributed by atoms with Gasteiger partial charge in [-0.15, -0.1) is 0 Å². The molecule has 1 aromatic carbocycles. The van der Waals surface area contributed by atoms with Crippen LogP contribution in [0.2, 0.25) is 0 Å². The minimum absolute atomic E-state index is 0.343. The molecule has 4 nitrogen and oxygen atoms in total. The van der Waals surface area contributed by atoms with Crippen molar-refractivity contribution in [3.63, 3.8) is 0 Å². The first-order valence-electron chi connectivity index (χ1n) is 5.88. The number of rotatable bonds is 3. The van der Waals surface area contributed by atoms with E-state index in [1.165, 1.54) is 6.20 Å². The molecule has 2 rings (SSSR count). The minimum atomic E-state index is -0.374. The number of aromatic nitrogens is 1. The van der Waals surface area contributed by atoms with Crippen molar-refractivity contribution in [1.29, 1.82) is 5.26 Å². The van der Waals surface area contributed by atoms with Gasteiger partial charge in [0.1, 0.15) is 0 Å². The predicted molar refractivity (Wildman–Crippen MR) is 70.3 cm³/mol. The van der Waals surface area contributed by atoms with Crippen LogP contribution in [-0.2, 0) is 4.74 Å². The van der Waals surface area contributed by atoms with E-state index in [0.717, 1.165) is 11.3 Å². The van der Waals surface area contributed by atoms with E-state index in [4.69, 9.17) is 10.00 Å². The van der Waals surface area contributed by atoms with Gasteiger partial charge in [0.05, 0.1) is 29.5 Å². The SMILES string of the molecule is CCOC(=O)c1ccc(-c2ccc(C#N)cc2)nc1. The third-order valence-electron chi connectivity index (χ3n) is 2.58. The second-order valence-corrected chi connectivity index (χ2v) is 3.84. The largest absolute Gasteiger partial charge is 0.462 e. The third kappa shape index (κ3) is 2.96. The van der Waals surface area contributed by atoms with Crippen molar-refractivity contribution in [3.05, 3.63) is 53.7 Å². The van der Waals surface area contributed by atoms with E-state index in [1.54, 1.807) is 31.2 Å². The summed E-state index contributed by atoms with van der Waals surface area (Å²) in [5.74, 6) is -0.374. The number of esters is 1. The normalized spacial score (nSPS) is 9.68. The number of hydrogen-bond acceptors (Lipinski definition) is 4. The smallest absolute Gasteiger partial charge is 0.339 e. The zero-order chi connectivity index (χ0) is 13.7. The number of hydrogen-bond donors (Lipinski definition) is 0. The topological polar surface area (TPSA) is 63.0 Å². The summed E-state index contributed by atoms with van der Waals surface area (Å²) in [6.45, 7) is 2.10. The van der Waals surface area contributed by atoms with Gasteiger partial charge in [-0.25, -0.2) is 4.79 Å². The van der Waals surface area contributed by atoms with Crippen molar-refractivity contribution in [2.45, 2.75) is 6.92 Å². The quantitative estimate of drug-likeness (QED) is 0.788. The average molecular weight is 252 g/mol. The third-order valence-corrected chi connectivity index (χ3v) is 2.58. The summed E-state index contributed by atoms with van der Waals surface area (Å²) in [5.41, 5.74) is 2.68. The van der Waals surface area contributed by atoms with Gasteiger partial charge in [0, 0.05) is 11.8 Å². The van der Waals surface area contributed by atoms with Crippen LogP contribution in [0, 0.1) is 11.3 Å². The van der Waals surface area contributed by atoms with Gasteiger partial charge in [-0.3, -0.25) is 4.98 Å².